The zero-order chi connectivity index (χ0) is 13.0. The molecule has 1 aromatic heterocycles. The van der Waals surface area contributed by atoms with Crippen molar-refractivity contribution in [2.45, 2.75) is 6.10 Å². The summed E-state index contributed by atoms with van der Waals surface area (Å²) in [7, 11) is 1.51. The Bertz CT molecular complexity index is 538. The van der Waals surface area contributed by atoms with Crippen LogP contribution in [-0.2, 0) is 4.74 Å². The predicted octanol–water partition coefficient (Wildman–Crippen LogP) is 1.64. The number of amides is 1. The monoisotopic (exact) mass is 265 g/mol. The largest absolute Gasteiger partial charge is 0.389 e. The van der Waals surface area contributed by atoms with E-state index in [4.69, 9.17) is 4.74 Å². The molecule has 1 heterocycles. The minimum atomic E-state index is -0.677. The number of hydrogen-bond donors (Lipinski definition) is 2. The first-order valence-corrected chi connectivity index (χ1v) is 6.51. The van der Waals surface area contributed by atoms with E-state index in [9.17, 15) is 9.90 Å². The number of rotatable bonds is 5. The lowest BCUT2D eigenvalue weighted by Crippen LogP contribution is -2.34. The summed E-state index contributed by atoms with van der Waals surface area (Å²) in [5.41, 5.74) is 0.653. The van der Waals surface area contributed by atoms with Gasteiger partial charge in [-0.15, -0.1) is 11.3 Å². The zero-order valence-corrected chi connectivity index (χ0v) is 10.9. The highest BCUT2D eigenvalue weighted by atomic mass is 32.1. The normalized spacial score (nSPS) is 12.6. The van der Waals surface area contributed by atoms with Gasteiger partial charge in [-0.05, 0) is 6.07 Å². The van der Waals surface area contributed by atoms with Gasteiger partial charge in [0.25, 0.3) is 5.91 Å². The lowest BCUT2D eigenvalue weighted by Gasteiger charge is -2.10. The Morgan fingerprint density at radius 2 is 2.28 bits per heavy atom. The molecule has 96 valence electrons. The van der Waals surface area contributed by atoms with Gasteiger partial charge < -0.3 is 15.2 Å². The molecule has 0 spiro atoms. The van der Waals surface area contributed by atoms with Gasteiger partial charge in [-0.25, -0.2) is 0 Å². The Morgan fingerprint density at radius 1 is 1.50 bits per heavy atom. The number of thiophene rings is 1. The van der Waals surface area contributed by atoms with Gasteiger partial charge in [-0.1, -0.05) is 18.2 Å². The Kier molecular flexibility index (Phi) is 4.30. The molecule has 0 bridgehead atoms. The van der Waals surface area contributed by atoms with E-state index < -0.39 is 6.10 Å². The van der Waals surface area contributed by atoms with Crippen LogP contribution < -0.4 is 5.32 Å². The highest BCUT2D eigenvalue weighted by Crippen LogP contribution is 2.25. The van der Waals surface area contributed by atoms with Crippen LogP contribution in [0.15, 0.2) is 29.6 Å². The van der Waals surface area contributed by atoms with E-state index in [0.717, 1.165) is 10.1 Å². The van der Waals surface area contributed by atoms with Crippen LogP contribution in [0.3, 0.4) is 0 Å². The molecule has 0 fully saturated rings. The first kappa shape index (κ1) is 13.0. The summed E-state index contributed by atoms with van der Waals surface area (Å²) in [4.78, 5) is 12.0. The van der Waals surface area contributed by atoms with Gasteiger partial charge in [0.1, 0.15) is 0 Å². The van der Waals surface area contributed by atoms with E-state index in [1.54, 1.807) is 0 Å². The second-order valence-electron chi connectivity index (χ2n) is 3.96. The van der Waals surface area contributed by atoms with Crippen molar-refractivity contribution in [3.8, 4) is 0 Å². The van der Waals surface area contributed by atoms with Crippen LogP contribution in [-0.4, -0.2) is 37.4 Å². The van der Waals surface area contributed by atoms with Crippen LogP contribution in [0.4, 0.5) is 0 Å². The maximum Gasteiger partial charge on any atom is 0.252 e. The smallest absolute Gasteiger partial charge is 0.252 e. The van der Waals surface area contributed by atoms with Gasteiger partial charge in [0.2, 0.25) is 0 Å². The van der Waals surface area contributed by atoms with Crippen molar-refractivity contribution in [2.75, 3.05) is 20.3 Å². The number of fused-ring (bicyclic) bond motifs is 1. The Hall–Kier alpha value is -1.43. The van der Waals surface area contributed by atoms with E-state index in [1.165, 1.54) is 18.4 Å². The number of nitrogens with one attached hydrogen (secondary N) is 1. The molecule has 0 saturated carbocycles. The van der Waals surface area contributed by atoms with Gasteiger partial charge >= 0.3 is 0 Å². The lowest BCUT2D eigenvalue weighted by atomic mass is 10.1. The van der Waals surface area contributed by atoms with Gasteiger partial charge in [-0.3, -0.25) is 4.79 Å². The van der Waals surface area contributed by atoms with E-state index >= 15 is 0 Å². The van der Waals surface area contributed by atoms with E-state index in [0.29, 0.717) is 5.56 Å². The van der Waals surface area contributed by atoms with Crippen LogP contribution in [0.25, 0.3) is 10.1 Å². The minimum Gasteiger partial charge on any atom is -0.389 e. The fourth-order valence-electron chi connectivity index (χ4n) is 1.71. The summed E-state index contributed by atoms with van der Waals surface area (Å²) < 4.78 is 5.88. The van der Waals surface area contributed by atoms with E-state index in [1.807, 2.05) is 29.6 Å². The number of ether oxygens (including phenoxy) is 1. The Labute approximate surface area is 109 Å². The third-order valence-corrected chi connectivity index (χ3v) is 3.55. The molecule has 0 radical (unpaired) electrons. The minimum absolute atomic E-state index is 0.164. The molecule has 0 aliphatic carbocycles. The van der Waals surface area contributed by atoms with Gasteiger partial charge in [0.15, 0.2) is 0 Å². The van der Waals surface area contributed by atoms with Crippen LogP contribution >= 0.6 is 11.3 Å². The predicted molar refractivity (Wildman–Crippen MR) is 72.0 cm³/mol. The van der Waals surface area contributed by atoms with Crippen LogP contribution in [0.2, 0.25) is 0 Å². The fraction of sp³-hybridized carbons (Fsp3) is 0.308. The number of carbonyl (C=O) groups is 1. The quantitative estimate of drug-likeness (QED) is 0.864. The second kappa shape index (κ2) is 5.95. The molecule has 1 amide bonds. The molecule has 2 aromatic rings. The number of methoxy groups -OCH3 is 1. The lowest BCUT2D eigenvalue weighted by molar-refractivity contribution is 0.0610. The van der Waals surface area contributed by atoms with Crippen molar-refractivity contribution in [2.24, 2.45) is 0 Å². The van der Waals surface area contributed by atoms with Crippen LogP contribution in [0.5, 0.6) is 0 Å². The molecule has 1 aromatic carbocycles. The first-order valence-electron chi connectivity index (χ1n) is 5.64. The molecule has 5 heteroatoms. The summed E-state index contributed by atoms with van der Waals surface area (Å²) in [6, 6.07) is 7.76. The number of benzene rings is 1. The molecule has 1 unspecified atom stereocenters. The fourth-order valence-corrected chi connectivity index (χ4v) is 2.65. The number of aliphatic hydroxyl groups excluding tert-OH is 1. The van der Waals surface area contributed by atoms with Crippen molar-refractivity contribution in [1.29, 1.82) is 0 Å². The molecular formula is C13H15NO3S. The Morgan fingerprint density at radius 3 is 3.06 bits per heavy atom. The summed E-state index contributed by atoms with van der Waals surface area (Å²) in [5.74, 6) is -0.164. The summed E-state index contributed by atoms with van der Waals surface area (Å²) in [5, 5.41) is 15.0. The Balaban J connectivity index is 2.05. The van der Waals surface area contributed by atoms with Gasteiger partial charge in [0, 0.05) is 29.1 Å². The van der Waals surface area contributed by atoms with Crippen molar-refractivity contribution in [1.82, 2.24) is 5.32 Å². The average molecular weight is 265 g/mol. The first-order chi connectivity index (χ1) is 8.72. The third-order valence-electron chi connectivity index (χ3n) is 2.58. The molecule has 18 heavy (non-hydrogen) atoms. The van der Waals surface area contributed by atoms with E-state index in [2.05, 4.69) is 5.32 Å². The highest BCUT2D eigenvalue weighted by Gasteiger charge is 2.13. The number of hydrogen-bond acceptors (Lipinski definition) is 4. The SMILES string of the molecule is COCC(O)CNC(=O)c1csc2ccccc12. The average Bonchev–Trinajstić information content (AvgIpc) is 2.80. The van der Waals surface area contributed by atoms with E-state index in [-0.39, 0.29) is 19.1 Å². The van der Waals surface area contributed by atoms with Crippen LogP contribution in [0, 0.1) is 0 Å². The van der Waals surface area contributed by atoms with Crippen molar-refractivity contribution < 1.29 is 14.6 Å². The summed E-state index contributed by atoms with van der Waals surface area (Å²) >= 11 is 1.54. The molecule has 2 rings (SSSR count). The molecule has 0 saturated heterocycles. The molecular weight excluding hydrogens is 250 g/mol. The molecule has 4 nitrogen and oxygen atoms in total. The number of carbonyl (C=O) groups excluding carboxylic acids is 1. The zero-order valence-electron chi connectivity index (χ0n) is 10.1. The van der Waals surface area contributed by atoms with Gasteiger partial charge in [-0.2, -0.15) is 0 Å². The van der Waals surface area contributed by atoms with Crippen LogP contribution in [0.1, 0.15) is 10.4 Å². The van der Waals surface area contributed by atoms with Crippen molar-refractivity contribution >= 4 is 27.3 Å². The third kappa shape index (κ3) is 2.87. The molecule has 0 aliphatic heterocycles. The molecule has 1 atom stereocenters. The maximum atomic E-state index is 12.0. The van der Waals surface area contributed by atoms with Crippen molar-refractivity contribution in [3.05, 3.63) is 35.2 Å². The summed E-state index contributed by atoms with van der Waals surface area (Å²) in [6.45, 7) is 0.404. The second-order valence-corrected chi connectivity index (χ2v) is 4.88. The maximum absolute atomic E-state index is 12.0. The van der Waals surface area contributed by atoms with Crippen molar-refractivity contribution in [3.63, 3.8) is 0 Å². The topological polar surface area (TPSA) is 58.6 Å². The standard InChI is InChI=1S/C13H15NO3S/c1-17-7-9(15)6-14-13(16)11-8-18-12-5-3-2-4-10(11)12/h2-5,8-9,15H,6-7H2,1H3,(H,14,16). The molecule has 0 aliphatic rings. The number of aliphatic hydroxyl groups is 1. The van der Waals surface area contributed by atoms with Gasteiger partial charge in [0.05, 0.1) is 18.3 Å². The molecule has 2 N–H and O–H groups in total. The summed E-state index contributed by atoms with van der Waals surface area (Å²) in [6.07, 6.45) is -0.677. The highest BCUT2D eigenvalue weighted by molar-refractivity contribution is 7.17.